The van der Waals surface area contributed by atoms with E-state index in [4.69, 9.17) is 20.3 Å². The molecule has 0 radical (unpaired) electrons. The molecule has 1 aromatic rings. The molecular weight excluding hydrogens is 282 g/mol. The number of carbonyl (C=O) groups is 1. The first-order valence-electron chi connectivity index (χ1n) is 7.63. The van der Waals surface area contributed by atoms with E-state index in [-0.39, 0.29) is 24.2 Å². The lowest BCUT2D eigenvalue weighted by Crippen LogP contribution is -2.37. The fourth-order valence-corrected chi connectivity index (χ4v) is 2.83. The Balaban J connectivity index is 2.36. The van der Waals surface area contributed by atoms with Crippen LogP contribution in [-0.4, -0.2) is 30.5 Å². The number of primary amides is 1. The van der Waals surface area contributed by atoms with Crippen LogP contribution in [-0.2, 0) is 14.3 Å². The molecule has 1 amide bonds. The zero-order valence-corrected chi connectivity index (χ0v) is 12.8. The van der Waals surface area contributed by atoms with Gasteiger partial charge < -0.3 is 20.3 Å². The van der Waals surface area contributed by atoms with Crippen LogP contribution in [0.2, 0.25) is 0 Å². The molecule has 5 heteroatoms. The zero-order chi connectivity index (χ0) is 15.9. The van der Waals surface area contributed by atoms with Crippen LogP contribution < -0.4 is 5.73 Å². The molecule has 1 aromatic carbocycles. The Hall–Kier alpha value is -1.85. The van der Waals surface area contributed by atoms with Crippen molar-refractivity contribution in [1.82, 2.24) is 0 Å². The van der Waals surface area contributed by atoms with Gasteiger partial charge in [-0.15, -0.1) is 0 Å². The minimum absolute atomic E-state index is 0.0256. The predicted octanol–water partition coefficient (Wildman–Crippen LogP) is 1.92. The molecule has 0 saturated carbocycles. The molecule has 3 atom stereocenters. The number of benzene rings is 1. The average Bonchev–Trinajstić information content (AvgIpc) is 2.54. The summed E-state index contributed by atoms with van der Waals surface area (Å²) in [5.74, 6) is -0.447. The van der Waals surface area contributed by atoms with Crippen LogP contribution in [0.4, 0.5) is 0 Å². The lowest BCUT2D eigenvalue weighted by atomic mass is 9.80. The smallest absolute Gasteiger partial charge is 0.283 e. The van der Waals surface area contributed by atoms with Crippen molar-refractivity contribution >= 4 is 5.91 Å². The topological polar surface area (TPSA) is 81.8 Å². The summed E-state index contributed by atoms with van der Waals surface area (Å²) >= 11 is 0. The quantitative estimate of drug-likeness (QED) is 0.806. The Morgan fingerprint density at radius 3 is 2.68 bits per heavy atom. The van der Waals surface area contributed by atoms with Gasteiger partial charge in [0.25, 0.3) is 5.91 Å². The third-order valence-electron chi connectivity index (χ3n) is 3.84. The highest BCUT2D eigenvalue weighted by Gasteiger charge is 2.37. The molecule has 0 aromatic heterocycles. The summed E-state index contributed by atoms with van der Waals surface area (Å²) in [6.07, 6.45) is 2.63. The van der Waals surface area contributed by atoms with E-state index in [1.807, 2.05) is 37.3 Å². The molecule has 1 aliphatic heterocycles. The Morgan fingerprint density at radius 2 is 2.09 bits per heavy atom. The maximum atomic E-state index is 11.5. The van der Waals surface area contributed by atoms with E-state index in [9.17, 15) is 4.79 Å². The van der Waals surface area contributed by atoms with E-state index in [0.29, 0.717) is 13.0 Å². The fraction of sp³-hybridized carbons (Fsp3) is 0.471. The van der Waals surface area contributed by atoms with Gasteiger partial charge in [-0.05, 0) is 31.4 Å². The van der Waals surface area contributed by atoms with Crippen LogP contribution in [0.25, 0.3) is 0 Å². The van der Waals surface area contributed by atoms with Crippen LogP contribution in [0.1, 0.15) is 31.2 Å². The number of ether oxygens (including phenoxy) is 2. The Kier molecular flexibility index (Phi) is 5.98. The van der Waals surface area contributed by atoms with E-state index >= 15 is 0 Å². The second-order valence-electron chi connectivity index (χ2n) is 5.30. The van der Waals surface area contributed by atoms with Gasteiger partial charge in [0.1, 0.15) is 0 Å². The molecule has 3 N–H and O–H groups in total. The zero-order valence-electron chi connectivity index (χ0n) is 12.8. The van der Waals surface area contributed by atoms with Gasteiger partial charge in [-0.2, -0.15) is 0 Å². The van der Waals surface area contributed by atoms with Crippen LogP contribution in [0.5, 0.6) is 0 Å². The van der Waals surface area contributed by atoms with Gasteiger partial charge in [-0.25, -0.2) is 0 Å². The number of aliphatic hydroxyl groups excluding tert-OH is 1. The van der Waals surface area contributed by atoms with Gasteiger partial charge in [-0.3, -0.25) is 4.79 Å². The largest absolute Gasteiger partial charge is 0.459 e. The summed E-state index contributed by atoms with van der Waals surface area (Å²) in [5, 5.41) is 9.14. The summed E-state index contributed by atoms with van der Waals surface area (Å²) in [6, 6.07) is 9.90. The molecular formula is C17H23NO4. The van der Waals surface area contributed by atoms with E-state index in [1.165, 1.54) is 0 Å². The first-order valence-corrected chi connectivity index (χ1v) is 7.63. The van der Waals surface area contributed by atoms with Crippen LogP contribution >= 0.6 is 0 Å². The summed E-state index contributed by atoms with van der Waals surface area (Å²) in [7, 11) is 0. The van der Waals surface area contributed by atoms with Crippen molar-refractivity contribution in [2.24, 2.45) is 11.7 Å². The standard InChI is InChI=1S/C17H23NO4/c1-2-21-17-13(9-6-10-19)14(11-15(22-17)16(18)20)12-7-4-3-5-8-12/h3-5,7-8,11,13-14,17,19H,2,6,9-10H2,1H3,(H2,18,20)/t13-,14+,17+/m0/s1. The van der Waals surface area contributed by atoms with Crippen LogP contribution in [0.3, 0.4) is 0 Å². The van der Waals surface area contributed by atoms with E-state index in [0.717, 1.165) is 12.0 Å². The average molecular weight is 305 g/mol. The van der Waals surface area contributed by atoms with Crippen molar-refractivity contribution in [3.8, 4) is 0 Å². The third-order valence-corrected chi connectivity index (χ3v) is 3.84. The van der Waals surface area contributed by atoms with Crippen molar-refractivity contribution in [3.05, 3.63) is 47.7 Å². The molecule has 0 aliphatic carbocycles. The lowest BCUT2D eigenvalue weighted by Gasteiger charge is -2.36. The second-order valence-corrected chi connectivity index (χ2v) is 5.30. The first-order chi connectivity index (χ1) is 10.7. The normalized spacial score (nSPS) is 24.5. The van der Waals surface area contributed by atoms with Crippen molar-refractivity contribution in [2.75, 3.05) is 13.2 Å². The number of allylic oxidation sites excluding steroid dienone is 1. The highest BCUT2D eigenvalue weighted by molar-refractivity contribution is 5.90. The maximum absolute atomic E-state index is 11.5. The van der Waals surface area contributed by atoms with Gasteiger partial charge in [-0.1, -0.05) is 30.3 Å². The summed E-state index contributed by atoms with van der Waals surface area (Å²) in [5.41, 5.74) is 6.46. The van der Waals surface area contributed by atoms with Crippen molar-refractivity contribution in [1.29, 1.82) is 0 Å². The molecule has 120 valence electrons. The summed E-state index contributed by atoms with van der Waals surface area (Å²) < 4.78 is 11.3. The number of carbonyl (C=O) groups excluding carboxylic acids is 1. The maximum Gasteiger partial charge on any atom is 0.283 e. The van der Waals surface area contributed by atoms with E-state index in [2.05, 4.69) is 0 Å². The number of nitrogens with two attached hydrogens (primary N) is 1. The molecule has 2 rings (SSSR count). The molecule has 22 heavy (non-hydrogen) atoms. The van der Waals surface area contributed by atoms with Crippen molar-refractivity contribution in [2.45, 2.75) is 32.0 Å². The van der Waals surface area contributed by atoms with Gasteiger partial charge in [0.15, 0.2) is 5.76 Å². The van der Waals surface area contributed by atoms with Crippen molar-refractivity contribution < 1.29 is 19.4 Å². The predicted molar refractivity (Wildman–Crippen MR) is 82.8 cm³/mol. The Morgan fingerprint density at radius 1 is 1.36 bits per heavy atom. The lowest BCUT2D eigenvalue weighted by molar-refractivity contribution is -0.165. The molecule has 1 heterocycles. The van der Waals surface area contributed by atoms with E-state index < -0.39 is 12.2 Å². The number of rotatable bonds is 7. The molecule has 5 nitrogen and oxygen atoms in total. The minimum atomic E-state index is -0.591. The number of hydrogen-bond donors (Lipinski definition) is 2. The molecule has 0 fully saturated rings. The highest BCUT2D eigenvalue weighted by Crippen LogP contribution is 2.39. The second kappa shape index (κ2) is 7.96. The number of amides is 1. The molecule has 1 aliphatic rings. The molecule has 0 spiro atoms. The van der Waals surface area contributed by atoms with Gasteiger partial charge >= 0.3 is 0 Å². The Labute approximate surface area is 130 Å². The van der Waals surface area contributed by atoms with Gasteiger partial charge in [0, 0.05) is 25.0 Å². The molecule has 0 bridgehead atoms. The Bertz CT molecular complexity index is 515. The fourth-order valence-electron chi connectivity index (χ4n) is 2.83. The molecule has 0 unspecified atom stereocenters. The van der Waals surface area contributed by atoms with E-state index in [1.54, 1.807) is 6.08 Å². The molecule has 0 saturated heterocycles. The SMILES string of the molecule is CCO[C@@H]1OC(C(N)=O)=C[C@H](c2ccccc2)[C@@H]1CCCO. The minimum Gasteiger partial charge on any atom is -0.459 e. The van der Waals surface area contributed by atoms with Gasteiger partial charge in [0.05, 0.1) is 0 Å². The highest BCUT2D eigenvalue weighted by atomic mass is 16.7. The number of aliphatic hydroxyl groups is 1. The van der Waals surface area contributed by atoms with Crippen molar-refractivity contribution in [3.63, 3.8) is 0 Å². The van der Waals surface area contributed by atoms with Crippen LogP contribution in [0.15, 0.2) is 42.2 Å². The summed E-state index contributed by atoms with van der Waals surface area (Å²) in [4.78, 5) is 11.5. The van der Waals surface area contributed by atoms with Crippen LogP contribution in [0, 0.1) is 5.92 Å². The number of hydrogen-bond acceptors (Lipinski definition) is 4. The monoisotopic (exact) mass is 305 g/mol. The van der Waals surface area contributed by atoms with Gasteiger partial charge in [0.2, 0.25) is 6.29 Å². The third kappa shape index (κ3) is 3.87. The first kappa shape index (κ1) is 16.5. The summed E-state index contributed by atoms with van der Waals surface area (Å²) in [6.45, 7) is 2.48.